The molecule has 1 aromatic heterocycles. The topological polar surface area (TPSA) is 56.1 Å². The summed E-state index contributed by atoms with van der Waals surface area (Å²) in [6, 6.07) is 13.8. The van der Waals surface area contributed by atoms with Crippen LogP contribution in [0.5, 0.6) is 5.75 Å². The highest BCUT2D eigenvalue weighted by molar-refractivity contribution is 7.98. The number of fused-ring (bicyclic) bond motifs is 1. The number of benzene rings is 2. The third-order valence-corrected chi connectivity index (χ3v) is 6.11. The zero-order valence-corrected chi connectivity index (χ0v) is 17.1. The Labute approximate surface area is 169 Å². The van der Waals surface area contributed by atoms with Crippen LogP contribution in [0.15, 0.2) is 42.5 Å². The minimum atomic E-state index is -0.0451. The standard InChI is InChI=1S/C22H23N3O2S/c1-14-5-4-6-20(15(14)2)25-22(18-12-28-13-19(18)24-25)23-21(26)11-16-7-9-17(27-3)10-8-16/h4-10H,11-13H2,1-3H3,(H,23,26). The number of aromatic nitrogens is 2. The summed E-state index contributed by atoms with van der Waals surface area (Å²) in [5.74, 6) is 3.29. The fourth-order valence-corrected chi connectivity index (χ4v) is 4.42. The fraction of sp³-hybridized carbons (Fsp3) is 0.273. The molecule has 1 aliphatic heterocycles. The summed E-state index contributed by atoms with van der Waals surface area (Å²) in [4.78, 5) is 12.8. The Balaban J connectivity index is 1.63. The maximum absolute atomic E-state index is 12.8. The van der Waals surface area contributed by atoms with E-state index in [4.69, 9.17) is 9.84 Å². The molecule has 144 valence electrons. The smallest absolute Gasteiger partial charge is 0.229 e. The molecule has 1 N–H and O–H groups in total. The van der Waals surface area contributed by atoms with Gasteiger partial charge < -0.3 is 10.1 Å². The maximum Gasteiger partial charge on any atom is 0.229 e. The van der Waals surface area contributed by atoms with E-state index in [0.717, 1.165) is 45.6 Å². The van der Waals surface area contributed by atoms with Gasteiger partial charge in [0.05, 0.1) is 24.9 Å². The van der Waals surface area contributed by atoms with Gasteiger partial charge in [-0.25, -0.2) is 4.68 Å². The lowest BCUT2D eigenvalue weighted by Gasteiger charge is -2.14. The number of ether oxygens (including phenoxy) is 1. The molecule has 0 atom stereocenters. The van der Waals surface area contributed by atoms with Crippen molar-refractivity contribution < 1.29 is 9.53 Å². The van der Waals surface area contributed by atoms with Crippen LogP contribution in [0, 0.1) is 13.8 Å². The zero-order valence-electron chi connectivity index (χ0n) is 16.3. The molecule has 4 rings (SSSR count). The molecule has 6 heteroatoms. The maximum atomic E-state index is 12.8. The summed E-state index contributed by atoms with van der Waals surface area (Å²) in [5.41, 5.74) is 6.53. The van der Waals surface area contributed by atoms with Gasteiger partial charge in [-0.05, 0) is 48.7 Å². The lowest BCUT2D eigenvalue weighted by molar-refractivity contribution is -0.115. The summed E-state index contributed by atoms with van der Waals surface area (Å²) >= 11 is 1.83. The minimum Gasteiger partial charge on any atom is -0.497 e. The highest BCUT2D eigenvalue weighted by Crippen LogP contribution is 2.36. The second-order valence-electron chi connectivity index (χ2n) is 6.97. The molecule has 0 spiro atoms. The normalized spacial score (nSPS) is 12.7. The van der Waals surface area contributed by atoms with Crippen molar-refractivity contribution in [1.82, 2.24) is 9.78 Å². The Morgan fingerprint density at radius 2 is 1.96 bits per heavy atom. The molecule has 5 nitrogen and oxygen atoms in total. The van der Waals surface area contributed by atoms with Gasteiger partial charge in [0.25, 0.3) is 0 Å². The number of hydrogen-bond acceptors (Lipinski definition) is 4. The number of carbonyl (C=O) groups is 1. The van der Waals surface area contributed by atoms with Crippen LogP contribution in [0.4, 0.5) is 5.82 Å². The van der Waals surface area contributed by atoms with Crippen LogP contribution in [0.3, 0.4) is 0 Å². The SMILES string of the molecule is COc1ccc(CC(=O)Nc2c3c(nn2-c2cccc(C)c2C)CSC3)cc1. The first kappa shape index (κ1) is 18.6. The second-order valence-corrected chi connectivity index (χ2v) is 7.96. The van der Waals surface area contributed by atoms with Crippen LogP contribution in [0.1, 0.15) is 27.9 Å². The molecular formula is C22H23N3O2S. The fourth-order valence-electron chi connectivity index (χ4n) is 3.39. The molecule has 1 amide bonds. The van der Waals surface area contributed by atoms with Crippen LogP contribution in [0.2, 0.25) is 0 Å². The van der Waals surface area contributed by atoms with Gasteiger partial charge in [-0.1, -0.05) is 24.3 Å². The highest BCUT2D eigenvalue weighted by atomic mass is 32.2. The Hall–Kier alpha value is -2.73. The molecule has 0 radical (unpaired) electrons. The molecule has 0 aliphatic carbocycles. The van der Waals surface area contributed by atoms with Gasteiger partial charge in [0, 0.05) is 17.1 Å². The van der Waals surface area contributed by atoms with Gasteiger partial charge >= 0.3 is 0 Å². The monoisotopic (exact) mass is 393 g/mol. The molecule has 3 aromatic rings. The molecule has 0 fully saturated rings. The third kappa shape index (κ3) is 3.52. The lowest BCUT2D eigenvalue weighted by atomic mass is 10.1. The molecular weight excluding hydrogens is 370 g/mol. The van der Waals surface area contributed by atoms with Crippen LogP contribution in [-0.4, -0.2) is 22.8 Å². The van der Waals surface area contributed by atoms with Crippen LogP contribution in [-0.2, 0) is 22.7 Å². The number of thioether (sulfide) groups is 1. The van der Waals surface area contributed by atoms with Crippen molar-refractivity contribution in [2.24, 2.45) is 0 Å². The highest BCUT2D eigenvalue weighted by Gasteiger charge is 2.25. The van der Waals surface area contributed by atoms with Gasteiger partial charge in [-0.3, -0.25) is 4.79 Å². The van der Waals surface area contributed by atoms with E-state index in [1.54, 1.807) is 7.11 Å². The van der Waals surface area contributed by atoms with Crippen LogP contribution in [0.25, 0.3) is 5.69 Å². The predicted octanol–water partition coefficient (Wildman–Crippen LogP) is 4.43. The van der Waals surface area contributed by atoms with Crippen molar-refractivity contribution in [2.75, 3.05) is 12.4 Å². The summed E-state index contributed by atoms with van der Waals surface area (Å²) in [6.07, 6.45) is 0.309. The number of carbonyl (C=O) groups excluding carboxylic acids is 1. The predicted molar refractivity (Wildman–Crippen MR) is 113 cm³/mol. The number of anilines is 1. The third-order valence-electron chi connectivity index (χ3n) is 5.14. The van der Waals surface area contributed by atoms with E-state index in [1.165, 1.54) is 11.1 Å². The average Bonchev–Trinajstić information content (AvgIpc) is 3.27. The Kier molecular flexibility index (Phi) is 5.13. The summed E-state index contributed by atoms with van der Waals surface area (Å²) < 4.78 is 7.08. The summed E-state index contributed by atoms with van der Waals surface area (Å²) in [6.45, 7) is 4.18. The molecule has 0 saturated carbocycles. The van der Waals surface area contributed by atoms with E-state index < -0.39 is 0 Å². The molecule has 0 saturated heterocycles. The molecule has 28 heavy (non-hydrogen) atoms. The number of nitrogens with one attached hydrogen (secondary N) is 1. The van der Waals surface area contributed by atoms with Gasteiger partial charge in [0.15, 0.2) is 0 Å². The number of nitrogens with zero attached hydrogens (tertiary/aromatic N) is 2. The van der Waals surface area contributed by atoms with Crippen LogP contribution >= 0.6 is 11.8 Å². The van der Waals surface area contributed by atoms with E-state index in [9.17, 15) is 4.79 Å². The summed E-state index contributed by atoms with van der Waals surface area (Å²) in [7, 11) is 1.63. The molecule has 2 aromatic carbocycles. The van der Waals surface area contributed by atoms with E-state index in [-0.39, 0.29) is 5.91 Å². The molecule has 1 aliphatic rings. The van der Waals surface area contributed by atoms with Crippen molar-refractivity contribution in [3.63, 3.8) is 0 Å². The minimum absolute atomic E-state index is 0.0451. The second kappa shape index (κ2) is 7.72. The first-order valence-corrected chi connectivity index (χ1v) is 10.4. The van der Waals surface area contributed by atoms with Gasteiger partial charge in [0.2, 0.25) is 5.91 Å². The Morgan fingerprint density at radius 1 is 1.18 bits per heavy atom. The van der Waals surface area contributed by atoms with Gasteiger partial charge in [0.1, 0.15) is 11.6 Å². The van der Waals surface area contributed by atoms with E-state index in [1.807, 2.05) is 46.8 Å². The quantitative estimate of drug-likeness (QED) is 0.697. The average molecular weight is 394 g/mol. The first-order chi connectivity index (χ1) is 13.6. The number of amides is 1. The van der Waals surface area contributed by atoms with Crippen molar-refractivity contribution in [3.05, 3.63) is 70.4 Å². The zero-order chi connectivity index (χ0) is 19.7. The van der Waals surface area contributed by atoms with E-state index >= 15 is 0 Å². The number of aryl methyl sites for hydroxylation is 1. The lowest BCUT2D eigenvalue weighted by Crippen LogP contribution is -2.18. The van der Waals surface area contributed by atoms with E-state index in [2.05, 4.69) is 31.3 Å². The van der Waals surface area contributed by atoms with Gasteiger partial charge in [-0.15, -0.1) is 0 Å². The molecule has 0 bridgehead atoms. The number of methoxy groups -OCH3 is 1. The molecule has 0 unspecified atom stereocenters. The van der Waals surface area contributed by atoms with Crippen molar-refractivity contribution >= 4 is 23.5 Å². The largest absolute Gasteiger partial charge is 0.497 e. The number of hydrogen-bond donors (Lipinski definition) is 1. The van der Waals surface area contributed by atoms with E-state index in [0.29, 0.717) is 6.42 Å². The first-order valence-electron chi connectivity index (χ1n) is 9.24. The number of rotatable bonds is 5. The van der Waals surface area contributed by atoms with Crippen LogP contribution < -0.4 is 10.1 Å². The van der Waals surface area contributed by atoms with Gasteiger partial charge in [-0.2, -0.15) is 16.9 Å². The Bertz CT molecular complexity index is 1030. The van der Waals surface area contributed by atoms with Crippen molar-refractivity contribution in [3.8, 4) is 11.4 Å². The van der Waals surface area contributed by atoms with Crippen molar-refractivity contribution in [2.45, 2.75) is 31.8 Å². The summed E-state index contributed by atoms with van der Waals surface area (Å²) in [5, 5.41) is 7.94. The van der Waals surface area contributed by atoms with Crippen molar-refractivity contribution in [1.29, 1.82) is 0 Å². The molecule has 2 heterocycles. The Morgan fingerprint density at radius 3 is 2.71 bits per heavy atom.